The average Bonchev–Trinajstić information content (AvgIpc) is 3.33. The molecule has 1 fully saturated rings. The molecule has 0 aliphatic carbocycles. The van der Waals surface area contributed by atoms with E-state index in [1.165, 1.54) is 0 Å². The minimum absolute atomic E-state index is 0.0101. The van der Waals surface area contributed by atoms with Crippen LogP contribution >= 0.6 is 0 Å². The summed E-state index contributed by atoms with van der Waals surface area (Å²) in [5, 5.41) is 20.0. The SMILES string of the molecule is CC[C@@H]1CN(C(=O)NCC#N)C[C@@H]1c1nnc2n1C1C=C=NC1(C)N=C2. The molecule has 0 spiro atoms. The van der Waals surface area contributed by atoms with E-state index in [9.17, 15) is 4.79 Å². The second-order valence-corrected chi connectivity index (χ2v) is 6.99. The smallest absolute Gasteiger partial charge is 0.318 e. The van der Waals surface area contributed by atoms with Gasteiger partial charge >= 0.3 is 6.03 Å². The standard InChI is InChI=1S/C17H20N8O/c1-3-11-9-24(16(26)19-7-5-18)10-12(11)15-23-22-14-8-21-17(2)13(25(14)15)4-6-20-17/h4,8,11-13H,3,7,9-10H2,1-2H3,(H,19,26)/t11-,12+,13?,17?/m1/s1. The Morgan fingerprint density at radius 2 is 2.35 bits per heavy atom. The van der Waals surface area contributed by atoms with Crippen LogP contribution in [0.5, 0.6) is 0 Å². The number of nitriles is 1. The van der Waals surface area contributed by atoms with Crippen molar-refractivity contribution in [3.8, 4) is 6.07 Å². The van der Waals surface area contributed by atoms with Crippen LogP contribution in [-0.4, -0.2) is 63.1 Å². The molecule has 3 aliphatic rings. The molecule has 134 valence electrons. The first-order chi connectivity index (χ1) is 12.6. The Labute approximate surface area is 151 Å². The molecule has 3 aliphatic heterocycles. The van der Waals surface area contributed by atoms with Crippen molar-refractivity contribution >= 4 is 18.1 Å². The van der Waals surface area contributed by atoms with Crippen LogP contribution in [0, 0.1) is 17.2 Å². The van der Waals surface area contributed by atoms with Crippen LogP contribution in [0.15, 0.2) is 16.1 Å². The summed E-state index contributed by atoms with van der Waals surface area (Å²) in [4.78, 5) is 22.9. The van der Waals surface area contributed by atoms with E-state index >= 15 is 0 Å². The minimum Gasteiger partial charge on any atom is -0.325 e. The number of hydrogen-bond donors (Lipinski definition) is 1. The third kappa shape index (κ3) is 2.42. The largest absolute Gasteiger partial charge is 0.325 e. The fraction of sp³-hybridized carbons (Fsp3) is 0.588. The van der Waals surface area contributed by atoms with Gasteiger partial charge in [-0.15, -0.1) is 10.2 Å². The maximum Gasteiger partial charge on any atom is 0.318 e. The van der Waals surface area contributed by atoms with Gasteiger partial charge in [-0.2, -0.15) is 5.26 Å². The lowest BCUT2D eigenvalue weighted by atomic mass is 9.92. The van der Waals surface area contributed by atoms with Crippen molar-refractivity contribution in [2.45, 2.75) is 37.9 Å². The van der Waals surface area contributed by atoms with Crippen LogP contribution in [0.4, 0.5) is 4.79 Å². The monoisotopic (exact) mass is 352 g/mol. The summed E-state index contributed by atoms with van der Waals surface area (Å²) in [5.74, 6) is 4.87. The molecule has 1 aromatic heterocycles. The first-order valence-electron chi connectivity index (χ1n) is 8.78. The topological polar surface area (TPSA) is 112 Å². The lowest BCUT2D eigenvalue weighted by Crippen LogP contribution is -2.39. The number of hydrogen-bond acceptors (Lipinski definition) is 6. The van der Waals surface area contributed by atoms with Crippen LogP contribution in [-0.2, 0) is 0 Å². The van der Waals surface area contributed by atoms with Gasteiger partial charge in [-0.05, 0) is 18.7 Å². The molecule has 0 radical (unpaired) electrons. The Morgan fingerprint density at radius 3 is 3.12 bits per heavy atom. The van der Waals surface area contributed by atoms with Crippen LogP contribution in [0.1, 0.15) is 43.9 Å². The van der Waals surface area contributed by atoms with Gasteiger partial charge in [-0.25, -0.2) is 9.79 Å². The van der Waals surface area contributed by atoms with E-state index in [-0.39, 0.29) is 30.5 Å². The summed E-state index contributed by atoms with van der Waals surface area (Å²) in [6, 6.07) is 1.64. The van der Waals surface area contributed by atoms with Crippen LogP contribution in [0.3, 0.4) is 0 Å². The zero-order chi connectivity index (χ0) is 18.3. The number of urea groups is 1. The molecule has 4 rings (SSSR count). The number of nitrogens with zero attached hydrogens (tertiary/aromatic N) is 7. The van der Waals surface area contributed by atoms with Crippen LogP contribution < -0.4 is 5.32 Å². The molecule has 26 heavy (non-hydrogen) atoms. The van der Waals surface area contributed by atoms with E-state index in [0.717, 1.165) is 12.2 Å². The van der Waals surface area contributed by atoms with Gasteiger partial charge in [0.25, 0.3) is 0 Å². The lowest BCUT2D eigenvalue weighted by molar-refractivity contribution is 0.208. The fourth-order valence-corrected chi connectivity index (χ4v) is 3.99. The highest BCUT2D eigenvalue weighted by molar-refractivity contribution is 5.78. The number of carbonyl (C=O) groups excluding carboxylic acids is 1. The van der Waals surface area contributed by atoms with E-state index in [1.54, 1.807) is 11.1 Å². The summed E-state index contributed by atoms with van der Waals surface area (Å²) in [6.45, 7) is 5.29. The van der Waals surface area contributed by atoms with Crippen molar-refractivity contribution in [3.05, 3.63) is 17.7 Å². The number of nitrogens with one attached hydrogen (secondary N) is 1. The Hall–Kier alpha value is -2.98. The quantitative estimate of drug-likeness (QED) is 0.813. The maximum atomic E-state index is 12.3. The molecule has 0 aromatic carbocycles. The number of aliphatic imine (C=N–C) groups is 2. The van der Waals surface area contributed by atoms with E-state index in [0.29, 0.717) is 18.9 Å². The Balaban J connectivity index is 1.64. The highest BCUT2D eigenvalue weighted by Crippen LogP contribution is 2.40. The zero-order valence-corrected chi connectivity index (χ0v) is 14.8. The van der Waals surface area contributed by atoms with Crippen LogP contribution in [0.25, 0.3) is 0 Å². The molecule has 4 heterocycles. The fourth-order valence-electron chi connectivity index (χ4n) is 3.99. The molecule has 4 atom stereocenters. The van der Waals surface area contributed by atoms with Gasteiger partial charge in [-0.1, -0.05) is 13.3 Å². The Kier molecular flexibility index (Phi) is 3.85. The van der Waals surface area contributed by atoms with Crippen LogP contribution in [0.2, 0.25) is 0 Å². The van der Waals surface area contributed by atoms with Gasteiger partial charge in [-0.3, -0.25) is 9.56 Å². The minimum atomic E-state index is -0.603. The summed E-state index contributed by atoms with van der Waals surface area (Å²) < 4.78 is 2.08. The van der Waals surface area contributed by atoms with Crippen molar-refractivity contribution < 1.29 is 4.79 Å². The molecule has 2 amide bonds. The highest BCUT2D eigenvalue weighted by atomic mass is 16.2. The van der Waals surface area contributed by atoms with Crippen molar-refractivity contribution in [3.63, 3.8) is 0 Å². The molecular weight excluding hydrogens is 332 g/mol. The predicted molar refractivity (Wildman–Crippen MR) is 94.2 cm³/mol. The summed E-state index contributed by atoms with van der Waals surface area (Å²) in [6.07, 6.45) is 4.54. The molecular formula is C17H20N8O. The van der Waals surface area contributed by atoms with Gasteiger partial charge < -0.3 is 10.2 Å². The van der Waals surface area contributed by atoms with Crippen molar-refractivity contribution in [2.24, 2.45) is 15.9 Å². The number of amides is 2. The summed E-state index contributed by atoms with van der Waals surface area (Å²) in [7, 11) is 0. The molecule has 2 unspecified atom stereocenters. The number of rotatable bonds is 3. The third-order valence-electron chi connectivity index (χ3n) is 5.45. The van der Waals surface area contributed by atoms with E-state index in [2.05, 4.69) is 42.9 Å². The summed E-state index contributed by atoms with van der Waals surface area (Å²) >= 11 is 0. The first-order valence-corrected chi connectivity index (χ1v) is 8.78. The number of aromatic nitrogens is 3. The normalized spacial score (nSPS) is 31.0. The van der Waals surface area contributed by atoms with Gasteiger partial charge in [0.1, 0.15) is 18.4 Å². The van der Waals surface area contributed by atoms with Gasteiger partial charge in [0, 0.05) is 25.1 Å². The number of fused-ring (bicyclic) bond motifs is 3. The van der Waals surface area contributed by atoms with E-state index < -0.39 is 5.66 Å². The molecule has 0 saturated carbocycles. The van der Waals surface area contributed by atoms with Gasteiger partial charge in [0.05, 0.1) is 12.3 Å². The second kappa shape index (κ2) is 6.07. The maximum absolute atomic E-state index is 12.3. The molecule has 0 bridgehead atoms. The predicted octanol–water partition coefficient (Wildman–Crippen LogP) is 0.866. The highest BCUT2D eigenvalue weighted by Gasteiger charge is 2.45. The van der Waals surface area contributed by atoms with Gasteiger partial charge in [0.15, 0.2) is 11.5 Å². The molecule has 1 saturated heterocycles. The van der Waals surface area contributed by atoms with Crippen molar-refractivity contribution in [1.29, 1.82) is 5.26 Å². The molecule has 1 aromatic rings. The summed E-state index contributed by atoms with van der Waals surface area (Å²) in [5.41, 5.74) is -0.603. The van der Waals surface area contributed by atoms with E-state index in [4.69, 9.17) is 5.26 Å². The van der Waals surface area contributed by atoms with Gasteiger partial charge in [0.2, 0.25) is 0 Å². The average molecular weight is 352 g/mol. The second-order valence-electron chi connectivity index (χ2n) is 6.99. The Bertz CT molecular complexity index is 874. The molecule has 9 heteroatoms. The molecule has 1 N–H and O–H groups in total. The zero-order valence-electron chi connectivity index (χ0n) is 14.8. The molecule has 9 nitrogen and oxygen atoms in total. The number of carbonyl (C=O) groups is 1. The first kappa shape index (κ1) is 16.5. The number of likely N-dealkylation sites (tertiary alicyclic amines) is 1. The van der Waals surface area contributed by atoms with E-state index in [1.807, 2.05) is 19.1 Å². The van der Waals surface area contributed by atoms with Crippen molar-refractivity contribution in [2.75, 3.05) is 19.6 Å². The van der Waals surface area contributed by atoms with Crippen molar-refractivity contribution in [1.82, 2.24) is 25.0 Å². The lowest BCUT2D eigenvalue weighted by Gasteiger charge is -2.31. The third-order valence-corrected chi connectivity index (χ3v) is 5.45. The Morgan fingerprint density at radius 1 is 1.50 bits per heavy atom.